The first kappa shape index (κ1) is 16.3. The monoisotopic (exact) mass is 304 g/mol. The minimum absolute atomic E-state index is 0.0255. The molecule has 110 valence electrons. The van der Waals surface area contributed by atoms with E-state index in [4.69, 9.17) is 11.6 Å². The molecule has 8 nitrogen and oxygen atoms in total. The maximum atomic E-state index is 11.0. The van der Waals surface area contributed by atoms with Crippen LogP contribution in [0.5, 0.6) is 0 Å². The highest BCUT2D eigenvalue weighted by molar-refractivity contribution is 6.31. The van der Waals surface area contributed by atoms with Crippen LogP contribution in [0, 0.1) is 17.0 Å². The molecule has 0 amide bonds. The molecule has 1 aromatic heterocycles. The number of ether oxygens (including phenoxy) is 1. The Morgan fingerprint density at radius 1 is 1.60 bits per heavy atom. The highest BCUT2D eigenvalue weighted by Gasteiger charge is 2.27. The summed E-state index contributed by atoms with van der Waals surface area (Å²) in [4.78, 5) is 24.8. The predicted octanol–water partition coefficient (Wildman–Crippen LogP) is 0.909. The molecule has 2 unspecified atom stereocenters. The Balaban J connectivity index is 3.09. The van der Waals surface area contributed by atoms with Gasteiger partial charge in [-0.2, -0.15) is 0 Å². The first-order chi connectivity index (χ1) is 9.27. The van der Waals surface area contributed by atoms with E-state index < -0.39 is 35.2 Å². The first-order valence-electron chi connectivity index (χ1n) is 5.52. The summed E-state index contributed by atoms with van der Waals surface area (Å²) in [6.45, 7) is 1.47. The first-order valence-corrected chi connectivity index (χ1v) is 5.90. The van der Waals surface area contributed by atoms with Crippen molar-refractivity contribution >= 4 is 23.3 Å². The third-order valence-electron chi connectivity index (χ3n) is 2.67. The highest BCUT2D eigenvalue weighted by atomic mass is 35.5. The Morgan fingerprint density at radius 2 is 2.20 bits per heavy atom. The lowest BCUT2D eigenvalue weighted by molar-refractivity contribution is -0.385. The number of carbonyl (C=O) groups is 1. The van der Waals surface area contributed by atoms with Crippen molar-refractivity contribution in [2.75, 3.05) is 7.11 Å². The van der Waals surface area contributed by atoms with Crippen molar-refractivity contribution in [2.45, 2.75) is 25.6 Å². The molecule has 9 heteroatoms. The second kappa shape index (κ2) is 6.60. The van der Waals surface area contributed by atoms with Gasteiger partial charge in [-0.3, -0.25) is 14.9 Å². The number of hydrogen-bond donors (Lipinski definition) is 2. The number of rotatable bonds is 5. The van der Waals surface area contributed by atoms with Gasteiger partial charge >= 0.3 is 11.7 Å². The van der Waals surface area contributed by atoms with Gasteiger partial charge in [-0.05, 0) is 6.92 Å². The van der Waals surface area contributed by atoms with Crippen LogP contribution in [-0.4, -0.2) is 39.3 Å². The minimum Gasteiger partial charge on any atom is -0.469 e. The lowest BCUT2D eigenvalue weighted by atomic mass is 10.0. The van der Waals surface area contributed by atoms with Gasteiger partial charge in [0.2, 0.25) is 5.15 Å². The number of carbonyl (C=O) groups excluding carboxylic acids is 1. The van der Waals surface area contributed by atoms with Crippen LogP contribution in [0.1, 0.15) is 23.8 Å². The number of aliphatic hydroxyl groups is 2. The van der Waals surface area contributed by atoms with Crippen molar-refractivity contribution in [3.05, 3.63) is 32.6 Å². The summed E-state index contributed by atoms with van der Waals surface area (Å²) >= 11 is 5.62. The summed E-state index contributed by atoms with van der Waals surface area (Å²) in [7, 11) is 1.14. The van der Waals surface area contributed by atoms with Crippen LogP contribution in [-0.2, 0) is 9.53 Å². The number of pyridine rings is 1. The van der Waals surface area contributed by atoms with Gasteiger partial charge in [0.05, 0.1) is 24.6 Å². The Morgan fingerprint density at radius 3 is 2.70 bits per heavy atom. The molecule has 0 saturated carbocycles. The average Bonchev–Trinajstić information content (AvgIpc) is 2.37. The van der Waals surface area contributed by atoms with E-state index in [1.807, 2.05) is 0 Å². The second-order valence-electron chi connectivity index (χ2n) is 4.02. The number of methoxy groups -OCH3 is 1. The van der Waals surface area contributed by atoms with Gasteiger partial charge in [-0.15, -0.1) is 0 Å². The van der Waals surface area contributed by atoms with E-state index in [1.54, 1.807) is 0 Å². The normalized spacial score (nSPS) is 13.7. The summed E-state index contributed by atoms with van der Waals surface area (Å²) in [6.07, 6.45) is -3.44. The topological polar surface area (TPSA) is 123 Å². The fourth-order valence-electron chi connectivity index (χ4n) is 1.58. The van der Waals surface area contributed by atoms with Crippen molar-refractivity contribution in [3.63, 3.8) is 0 Å². The molecule has 1 aromatic rings. The molecule has 0 aliphatic heterocycles. The second-order valence-corrected chi connectivity index (χ2v) is 4.38. The van der Waals surface area contributed by atoms with Crippen LogP contribution in [0.3, 0.4) is 0 Å². The third-order valence-corrected chi connectivity index (χ3v) is 2.95. The van der Waals surface area contributed by atoms with Crippen LogP contribution in [0.4, 0.5) is 5.69 Å². The Hall–Kier alpha value is -1.77. The predicted molar refractivity (Wildman–Crippen MR) is 68.2 cm³/mol. The summed E-state index contributed by atoms with van der Waals surface area (Å²) < 4.78 is 4.36. The molecule has 1 heterocycles. The molecule has 0 saturated heterocycles. The smallest absolute Gasteiger partial charge is 0.308 e. The number of aromatic nitrogens is 1. The standard InChI is InChI=1S/C11H13ClN2O6/c1-5-6(3-7(14(18)19)11(12)13-5)10(17)8(15)4-9(16)20-2/h3,8,10,15,17H,4H2,1-2H3. The molecule has 0 radical (unpaired) electrons. The number of hydrogen-bond acceptors (Lipinski definition) is 7. The maximum absolute atomic E-state index is 11.0. The van der Waals surface area contributed by atoms with E-state index >= 15 is 0 Å². The zero-order valence-corrected chi connectivity index (χ0v) is 11.5. The molecule has 0 aliphatic carbocycles. The van der Waals surface area contributed by atoms with Gasteiger partial charge in [-0.1, -0.05) is 11.6 Å². The molecule has 0 fully saturated rings. The van der Waals surface area contributed by atoms with Gasteiger partial charge in [-0.25, -0.2) is 4.98 Å². The Kier molecular flexibility index (Phi) is 5.37. The van der Waals surface area contributed by atoms with E-state index in [1.165, 1.54) is 6.92 Å². The van der Waals surface area contributed by atoms with Crippen molar-refractivity contribution in [1.29, 1.82) is 0 Å². The summed E-state index contributed by atoms with van der Waals surface area (Å²) in [6, 6.07) is 1.02. The van der Waals surface area contributed by atoms with E-state index in [9.17, 15) is 25.1 Å². The fourth-order valence-corrected chi connectivity index (χ4v) is 1.83. The lowest BCUT2D eigenvalue weighted by Crippen LogP contribution is -2.23. The summed E-state index contributed by atoms with van der Waals surface area (Å²) in [5.74, 6) is -0.717. The largest absolute Gasteiger partial charge is 0.469 e. The van der Waals surface area contributed by atoms with Crippen LogP contribution in [0.2, 0.25) is 5.15 Å². The van der Waals surface area contributed by atoms with Gasteiger partial charge in [0, 0.05) is 17.3 Å². The molecule has 0 spiro atoms. The Labute approximate surface area is 119 Å². The highest BCUT2D eigenvalue weighted by Crippen LogP contribution is 2.30. The van der Waals surface area contributed by atoms with Crippen LogP contribution in [0.15, 0.2) is 6.07 Å². The molecule has 2 atom stereocenters. The van der Waals surface area contributed by atoms with Crippen molar-refractivity contribution in [2.24, 2.45) is 0 Å². The number of nitrogens with zero attached hydrogens (tertiary/aromatic N) is 2. The Bertz CT molecular complexity index is 536. The molecule has 0 aliphatic rings. The van der Waals surface area contributed by atoms with E-state index in [2.05, 4.69) is 9.72 Å². The average molecular weight is 305 g/mol. The van der Waals surface area contributed by atoms with Crippen LogP contribution >= 0.6 is 11.6 Å². The van der Waals surface area contributed by atoms with E-state index in [-0.39, 0.29) is 16.4 Å². The zero-order valence-electron chi connectivity index (χ0n) is 10.7. The van der Waals surface area contributed by atoms with Gasteiger partial charge in [0.1, 0.15) is 6.10 Å². The van der Waals surface area contributed by atoms with Crippen LogP contribution < -0.4 is 0 Å². The van der Waals surface area contributed by atoms with Crippen molar-refractivity contribution < 1.29 is 24.7 Å². The lowest BCUT2D eigenvalue weighted by Gasteiger charge is -2.18. The quantitative estimate of drug-likeness (QED) is 0.358. The van der Waals surface area contributed by atoms with Crippen LogP contribution in [0.25, 0.3) is 0 Å². The summed E-state index contributed by atoms with van der Waals surface area (Å²) in [5, 5.41) is 30.1. The maximum Gasteiger partial charge on any atom is 0.308 e. The third kappa shape index (κ3) is 3.62. The molecule has 2 N–H and O–H groups in total. The van der Waals surface area contributed by atoms with Gasteiger partial charge in [0.15, 0.2) is 0 Å². The van der Waals surface area contributed by atoms with E-state index in [0.717, 1.165) is 13.2 Å². The molecule has 0 bridgehead atoms. The number of esters is 1. The SMILES string of the molecule is COC(=O)CC(O)C(O)c1cc([N+](=O)[O-])c(Cl)nc1C. The van der Waals surface area contributed by atoms with E-state index in [0.29, 0.717) is 0 Å². The zero-order chi connectivity index (χ0) is 15.4. The molecule has 0 aromatic carbocycles. The van der Waals surface area contributed by atoms with Gasteiger partial charge < -0.3 is 14.9 Å². The molecular weight excluding hydrogens is 292 g/mol. The number of halogens is 1. The summed E-state index contributed by atoms with van der Waals surface area (Å²) in [5.41, 5.74) is -0.244. The molecule has 20 heavy (non-hydrogen) atoms. The number of nitro groups is 1. The molecule has 1 rings (SSSR count). The minimum atomic E-state index is -1.52. The molecular formula is C11H13ClN2O6. The number of aryl methyl sites for hydroxylation is 1. The van der Waals surface area contributed by atoms with Gasteiger partial charge in [0.25, 0.3) is 0 Å². The van der Waals surface area contributed by atoms with Crippen molar-refractivity contribution in [1.82, 2.24) is 4.98 Å². The number of aliphatic hydroxyl groups excluding tert-OH is 2. The fraction of sp³-hybridized carbons (Fsp3) is 0.455. The van der Waals surface area contributed by atoms with Crippen molar-refractivity contribution in [3.8, 4) is 0 Å².